The molecule has 1 aliphatic rings. The highest BCUT2D eigenvalue weighted by Crippen LogP contribution is 2.19. The summed E-state index contributed by atoms with van der Waals surface area (Å²) in [5.41, 5.74) is 1.92. The number of nitrogens with one attached hydrogen (secondary N) is 1. The average molecular weight is 318 g/mol. The highest BCUT2D eigenvalue weighted by Gasteiger charge is 2.21. The molecule has 3 heterocycles. The molecule has 0 fully saturated rings. The third-order valence-electron chi connectivity index (χ3n) is 3.88. The van der Waals surface area contributed by atoms with Gasteiger partial charge in [0.05, 0.1) is 22.8 Å². The fraction of sp³-hybridized carbons (Fsp3) is 0.562. The Labute approximate surface area is 134 Å². The Kier molecular flexibility index (Phi) is 4.29. The van der Waals surface area contributed by atoms with Crippen molar-refractivity contribution >= 4 is 17.2 Å². The molecule has 0 unspecified atom stereocenters. The predicted molar refractivity (Wildman–Crippen MR) is 87.1 cm³/mol. The lowest BCUT2D eigenvalue weighted by atomic mass is 10.1. The molecule has 0 saturated heterocycles. The lowest BCUT2D eigenvalue weighted by molar-refractivity contribution is -0.121. The van der Waals surface area contributed by atoms with Gasteiger partial charge in [0.2, 0.25) is 5.91 Å². The Morgan fingerprint density at radius 1 is 1.50 bits per heavy atom. The van der Waals surface area contributed by atoms with Crippen LogP contribution in [0, 0.1) is 6.92 Å². The van der Waals surface area contributed by atoms with Crippen LogP contribution in [0.4, 0.5) is 0 Å². The Bertz CT molecular complexity index is 673. The summed E-state index contributed by atoms with van der Waals surface area (Å²) in [7, 11) is 0. The number of carbonyl (C=O) groups excluding carboxylic acids is 1. The molecule has 1 N–H and O–H groups in total. The molecule has 0 saturated carbocycles. The van der Waals surface area contributed by atoms with Gasteiger partial charge in [-0.2, -0.15) is 0 Å². The average Bonchev–Trinajstić information content (AvgIpc) is 3.03. The molecule has 118 valence electrons. The summed E-state index contributed by atoms with van der Waals surface area (Å²) in [5.74, 6) is 1.61. The number of aryl methyl sites for hydroxylation is 2. The molecule has 2 aromatic heterocycles. The van der Waals surface area contributed by atoms with Gasteiger partial charge in [0, 0.05) is 36.5 Å². The molecule has 5 nitrogen and oxygen atoms in total. The highest BCUT2D eigenvalue weighted by atomic mass is 32.1. The second kappa shape index (κ2) is 6.20. The van der Waals surface area contributed by atoms with E-state index in [9.17, 15) is 4.79 Å². The number of thiazole rings is 1. The quantitative estimate of drug-likeness (QED) is 0.942. The van der Waals surface area contributed by atoms with Crippen LogP contribution in [-0.4, -0.2) is 26.5 Å². The number of hydrogen-bond acceptors (Lipinski definition) is 4. The number of hydrogen-bond donors (Lipinski definition) is 1. The molecule has 0 spiro atoms. The molecule has 6 heteroatoms. The van der Waals surface area contributed by atoms with Crippen molar-refractivity contribution in [3.05, 3.63) is 33.8 Å². The number of nitrogens with zero attached hydrogens (tertiary/aromatic N) is 3. The maximum atomic E-state index is 12.2. The standard InChI is InChI=1S/C16H22N4OS/c1-10(2)16-19-13(9-22-16)6-15(21)18-12-4-5-14-17-11(3)7-20(14)8-12/h7,9-10,12H,4-6,8H2,1-3H3,(H,18,21)/t12-/m0/s1. The lowest BCUT2D eigenvalue weighted by Crippen LogP contribution is -2.41. The maximum absolute atomic E-state index is 12.2. The first kappa shape index (κ1) is 15.2. The number of fused-ring (bicyclic) bond motifs is 1. The summed E-state index contributed by atoms with van der Waals surface area (Å²) >= 11 is 1.64. The van der Waals surface area contributed by atoms with Crippen molar-refractivity contribution in [2.24, 2.45) is 0 Å². The topological polar surface area (TPSA) is 59.8 Å². The Morgan fingerprint density at radius 3 is 3.05 bits per heavy atom. The molecule has 0 bridgehead atoms. The fourth-order valence-electron chi connectivity index (χ4n) is 2.82. The summed E-state index contributed by atoms with van der Waals surface area (Å²) < 4.78 is 2.16. The van der Waals surface area contributed by atoms with Crippen molar-refractivity contribution in [1.29, 1.82) is 0 Å². The van der Waals surface area contributed by atoms with Gasteiger partial charge in [0.15, 0.2) is 0 Å². The minimum atomic E-state index is 0.0610. The lowest BCUT2D eigenvalue weighted by Gasteiger charge is -2.24. The first-order valence-electron chi connectivity index (χ1n) is 7.77. The van der Waals surface area contributed by atoms with Gasteiger partial charge in [-0.15, -0.1) is 11.3 Å². The predicted octanol–water partition coefficient (Wildman–Crippen LogP) is 2.45. The molecule has 3 rings (SSSR count). The number of rotatable bonds is 4. The van der Waals surface area contributed by atoms with E-state index in [0.29, 0.717) is 12.3 Å². The van der Waals surface area contributed by atoms with E-state index >= 15 is 0 Å². The van der Waals surface area contributed by atoms with E-state index in [1.165, 1.54) is 0 Å². The van der Waals surface area contributed by atoms with Gasteiger partial charge in [-0.25, -0.2) is 9.97 Å². The second-order valence-corrected chi connectivity index (χ2v) is 7.15. The zero-order valence-corrected chi connectivity index (χ0v) is 14.1. The molecular weight excluding hydrogens is 296 g/mol. The van der Waals surface area contributed by atoms with E-state index in [1.807, 2.05) is 12.3 Å². The van der Waals surface area contributed by atoms with Crippen molar-refractivity contribution < 1.29 is 4.79 Å². The monoisotopic (exact) mass is 318 g/mol. The van der Waals surface area contributed by atoms with Crippen LogP contribution in [-0.2, 0) is 24.2 Å². The van der Waals surface area contributed by atoms with Gasteiger partial charge in [-0.3, -0.25) is 4.79 Å². The molecule has 1 aliphatic heterocycles. The number of imidazole rings is 1. The van der Waals surface area contributed by atoms with Crippen LogP contribution in [0.2, 0.25) is 0 Å². The van der Waals surface area contributed by atoms with E-state index in [-0.39, 0.29) is 11.9 Å². The van der Waals surface area contributed by atoms with Gasteiger partial charge in [0.25, 0.3) is 0 Å². The van der Waals surface area contributed by atoms with Crippen molar-refractivity contribution in [3.8, 4) is 0 Å². The van der Waals surface area contributed by atoms with Gasteiger partial charge >= 0.3 is 0 Å². The van der Waals surface area contributed by atoms with E-state index in [0.717, 1.165) is 41.6 Å². The molecule has 1 atom stereocenters. The highest BCUT2D eigenvalue weighted by molar-refractivity contribution is 7.09. The van der Waals surface area contributed by atoms with Crippen LogP contribution in [0.5, 0.6) is 0 Å². The molecule has 0 aliphatic carbocycles. The SMILES string of the molecule is Cc1cn2c(n1)CC[C@H](NC(=O)Cc1csc(C(C)C)n1)C2. The minimum absolute atomic E-state index is 0.0610. The molecule has 2 aromatic rings. The van der Waals surface area contributed by atoms with Gasteiger partial charge in [-0.05, 0) is 13.3 Å². The Balaban J connectivity index is 1.56. The largest absolute Gasteiger partial charge is 0.351 e. The summed E-state index contributed by atoms with van der Waals surface area (Å²) in [6.07, 6.45) is 4.31. The van der Waals surface area contributed by atoms with Crippen LogP contribution in [0.25, 0.3) is 0 Å². The molecular formula is C16H22N4OS. The van der Waals surface area contributed by atoms with Gasteiger partial charge < -0.3 is 9.88 Å². The Hall–Kier alpha value is -1.69. The third-order valence-corrected chi connectivity index (χ3v) is 5.08. The first-order valence-corrected chi connectivity index (χ1v) is 8.65. The van der Waals surface area contributed by atoms with E-state index < -0.39 is 0 Å². The normalized spacial score (nSPS) is 17.5. The summed E-state index contributed by atoms with van der Waals surface area (Å²) in [6, 6.07) is 0.191. The number of carbonyl (C=O) groups is 1. The van der Waals surface area contributed by atoms with Gasteiger partial charge in [-0.1, -0.05) is 13.8 Å². The molecule has 1 amide bonds. The fourth-order valence-corrected chi connectivity index (χ4v) is 3.65. The third kappa shape index (κ3) is 3.38. The number of amides is 1. The second-order valence-electron chi connectivity index (χ2n) is 6.26. The minimum Gasteiger partial charge on any atom is -0.351 e. The smallest absolute Gasteiger partial charge is 0.226 e. The van der Waals surface area contributed by atoms with Crippen LogP contribution in [0.1, 0.15) is 48.4 Å². The number of aromatic nitrogens is 3. The molecule has 22 heavy (non-hydrogen) atoms. The first-order chi connectivity index (χ1) is 10.5. The van der Waals surface area contributed by atoms with Crippen LogP contribution in [0.3, 0.4) is 0 Å². The molecule has 0 radical (unpaired) electrons. The van der Waals surface area contributed by atoms with E-state index in [4.69, 9.17) is 0 Å². The van der Waals surface area contributed by atoms with Crippen LogP contribution >= 0.6 is 11.3 Å². The van der Waals surface area contributed by atoms with Crippen LogP contribution < -0.4 is 5.32 Å². The summed E-state index contributed by atoms with van der Waals surface area (Å²) in [6.45, 7) is 7.06. The van der Waals surface area contributed by atoms with Crippen LogP contribution in [0.15, 0.2) is 11.6 Å². The summed E-state index contributed by atoms with van der Waals surface area (Å²) in [4.78, 5) is 21.2. The molecule has 0 aromatic carbocycles. The Morgan fingerprint density at radius 2 is 2.32 bits per heavy atom. The maximum Gasteiger partial charge on any atom is 0.226 e. The van der Waals surface area contributed by atoms with Gasteiger partial charge in [0.1, 0.15) is 5.82 Å². The zero-order valence-electron chi connectivity index (χ0n) is 13.3. The van der Waals surface area contributed by atoms with Crippen molar-refractivity contribution in [2.75, 3.05) is 0 Å². The van der Waals surface area contributed by atoms with Crippen molar-refractivity contribution in [1.82, 2.24) is 19.9 Å². The zero-order chi connectivity index (χ0) is 15.7. The van der Waals surface area contributed by atoms with E-state index in [1.54, 1.807) is 11.3 Å². The van der Waals surface area contributed by atoms with Crippen molar-refractivity contribution in [3.63, 3.8) is 0 Å². The summed E-state index contributed by atoms with van der Waals surface area (Å²) in [5, 5.41) is 6.22. The van der Waals surface area contributed by atoms with E-state index in [2.05, 4.69) is 39.9 Å². The van der Waals surface area contributed by atoms with Crippen molar-refractivity contribution in [2.45, 2.75) is 58.5 Å².